The Hall–Kier alpha value is -1.34. The Bertz CT molecular complexity index is 725. The Morgan fingerprint density at radius 1 is 1.31 bits per heavy atom. The third-order valence-corrected chi connectivity index (χ3v) is 4.96. The van der Waals surface area contributed by atoms with Crippen LogP contribution >= 0.6 is 24.8 Å². The fraction of sp³-hybridized carbons (Fsp3) is 0.556. The van der Waals surface area contributed by atoms with Crippen LogP contribution in [-0.2, 0) is 9.53 Å². The molecule has 0 aliphatic carbocycles. The van der Waals surface area contributed by atoms with E-state index in [4.69, 9.17) is 4.74 Å². The smallest absolute Gasteiger partial charge is 0.224 e. The molecule has 3 N–H and O–H groups in total. The molecule has 1 aromatic carbocycles. The van der Waals surface area contributed by atoms with Crippen LogP contribution in [0.5, 0.6) is 0 Å². The van der Waals surface area contributed by atoms with Crippen molar-refractivity contribution in [2.24, 2.45) is 5.92 Å². The van der Waals surface area contributed by atoms with Gasteiger partial charge in [0.15, 0.2) is 0 Å². The number of carbonyl (C=O) groups is 1. The van der Waals surface area contributed by atoms with Crippen LogP contribution < -0.4 is 10.6 Å². The summed E-state index contributed by atoms with van der Waals surface area (Å²) in [5.74, 6) is 1.61. The number of amides is 1. The highest BCUT2D eigenvalue weighted by atomic mass is 35.5. The predicted octanol–water partition coefficient (Wildman–Crippen LogP) is 3.59. The van der Waals surface area contributed by atoms with Crippen LogP contribution in [0.25, 0.3) is 11.0 Å². The highest BCUT2D eigenvalue weighted by molar-refractivity contribution is 5.93. The van der Waals surface area contributed by atoms with E-state index in [9.17, 15) is 4.79 Å². The highest BCUT2D eigenvalue weighted by Gasteiger charge is 2.21. The van der Waals surface area contributed by atoms with E-state index in [1.807, 2.05) is 18.2 Å². The number of nitrogens with zero attached hydrogens (tertiary/aromatic N) is 1. The Balaban J connectivity index is 0.00000121. The number of aromatic nitrogens is 2. The minimum atomic E-state index is 0. The summed E-state index contributed by atoms with van der Waals surface area (Å²) < 4.78 is 5.68. The molecular formula is C18H26Cl2N4O2. The van der Waals surface area contributed by atoms with Crippen molar-refractivity contribution < 1.29 is 9.53 Å². The van der Waals surface area contributed by atoms with Gasteiger partial charge in [0, 0.05) is 18.7 Å². The van der Waals surface area contributed by atoms with E-state index in [-0.39, 0.29) is 36.8 Å². The maximum absolute atomic E-state index is 12.1. The normalized spacial score (nSPS) is 22.0. The second-order valence-electron chi connectivity index (χ2n) is 6.80. The van der Waals surface area contributed by atoms with Crippen molar-refractivity contribution >= 4 is 47.4 Å². The minimum absolute atomic E-state index is 0. The van der Waals surface area contributed by atoms with Gasteiger partial charge in [-0.15, -0.1) is 24.8 Å². The number of imidazole rings is 1. The quantitative estimate of drug-likeness (QED) is 0.716. The van der Waals surface area contributed by atoms with Crippen LogP contribution in [0.1, 0.15) is 44.0 Å². The first kappa shape index (κ1) is 21.0. The van der Waals surface area contributed by atoms with Crippen LogP contribution in [-0.4, -0.2) is 35.6 Å². The van der Waals surface area contributed by atoms with Gasteiger partial charge in [-0.25, -0.2) is 4.98 Å². The fourth-order valence-corrected chi connectivity index (χ4v) is 3.57. The summed E-state index contributed by atoms with van der Waals surface area (Å²) in [5, 5.41) is 6.34. The molecule has 0 spiro atoms. The molecule has 2 aliphatic heterocycles. The van der Waals surface area contributed by atoms with Crippen molar-refractivity contribution in [3.05, 3.63) is 24.0 Å². The van der Waals surface area contributed by atoms with Crippen LogP contribution in [0.4, 0.5) is 5.69 Å². The number of aromatic amines is 1. The zero-order chi connectivity index (χ0) is 16.4. The standard InChI is InChI=1S/C18H24N4O2.2ClH/c23-17(6-3-12-7-8-19-11-12)20-13-4-5-14-15(10-13)22-18(21-14)16-2-1-9-24-16;;/h4-5,10,12,16,19H,1-3,6-9,11H2,(H,20,23)(H,21,22);2*1H. The van der Waals surface area contributed by atoms with Crippen LogP contribution in [0, 0.1) is 5.92 Å². The van der Waals surface area contributed by atoms with Gasteiger partial charge in [-0.1, -0.05) is 0 Å². The van der Waals surface area contributed by atoms with Crippen molar-refractivity contribution in [1.29, 1.82) is 0 Å². The lowest BCUT2D eigenvalue weighted by molar-refractivity contribution is -0.116. The molecule has 2 unspecified atom stereocenters. The molecular weight excluding hydrogens is 375 g/mol. The molecule has 2 atom stereocenters. The van der Waals surface area contributed by atoms with Gasteiger partial charge in [-0.05, 0) is 62.9 Å². The first-order chi connectivity index (χ1) is 11.8. The van der Waals surface area contributed by atoms with Gasteiger partial charge in [0.2, 0.25) is 5.91 Å². The Morgan fingerprint density at radius 3 is 2.92 bits per heavy atom. The Labute approximate surface area is 165 Å². The Morgan fingerprint density at radius 2 is 2.19 bits per heavy atom. The van der Waals surface area contributed by atoms with Crippen molar-refractivity contribution in [1.82, 2.24) is 15.3 Å². The number of rotatable bonds is 5. The molecule has 0 bridgehead atoms. The summed E-state index contributed by atoms with van der Waals surface area (Å²) in [6.45, 7) is 2.93. The molecule has 2 aromatic rings. The number of carbonyl (C=O) groups excluding carboxylic acids is 1. The van der Waals surface area contributed by atoms with Gasteiger partial charge in [0.1, 0.15) is 11.9 Å². The monoisotopic (exact) mass is 400 g/mol. The molecule has 0 saturated carbocycles. The lowest BCUT2D eigenvalue weighted by atomic mass is 10.0. The molecule has 2 saturated heterocycles. The zero-order valence-corrected chi connectivity index (χ0v) is 16.3. The summed E-state index contributed by atoms with van der Waals surface area (Å²) in [7, 11) is 0. The van der Waals surface area contributed by atoms with Crippen molar-refractivity contribution in [2.75, 3.05) is 25.0 Å². The van der Waals surface area contributed by atoms with Gasteiger partial charge in [-0.3, -0.25) is 4.79 Å². The van der Waals surface area contributed by atoms with Gasteiger partial charge >= 0.3 is 0 Å². The highest BCUT2D eigenvalue weighted by Crippen LogP contribution is 2.28. The summed E-state index contributed by atoms with van der Waals surface area (Å²) in [5.41, 5.74) is 2.67. The average molecular weight is 401 g/mol. The number of benzene rings is 1. The predicted molar refractivity (Wildman–Crippen MR) is 107 cm³/mol. The molecule has 0 radical (unpaired) electrons. The van der Waals surface area contributed by atoms with Gasteiger partial charge in [0.05, 0.1) is 11.0 Å². The van der Waals surface area contributed by atoms with E-state index >= 15 is 0 Å². The van der Waals surface area contributed by atoms with Gasteiger partial charge in [-0.2, -0.15) is 0 Å². The molecule has 4 rings (SSSR count). The summed E-state index contributed by atoms with van der Waals surface area (Å²) in [6.07, 6.45) is 4.89. The van der Waals surface area contributed by atoms with Crippen LogP contribution in [0.15, 0.2) is 18.2 Å². The zero-order valence-electron chi connectivity index (χ0n) is 14.6. The van der Waals surface area contributed by atoms with E-state index in [0.717, 1.165) is 61.5 Å². The van der Waals surface area contributed by atoms with Crippen molar-refractivity contribution in [3.8, 4) is 0 Å². The minimum Gasteiger partial charge on any atom is -0.370 e. The summed E-state index contributed by atoms with van der Waals surface area (Å²) >= 11 is 0. The number of H-pyrrole nitrogens is 1. The Kier molecular flexibility index (Phi) is 7.70. The third-order valence-electron chi connectivity index (χ3n) is 4.96. The summed E-state index contributed by atoms with van der Waals surface area (Å²) in [4.78, 5) is 20.1. The molecule has 2 fully saturated rings. The molecule has 8 heteroatoms. The molecule has 1 aromatic heterocycles. The number of ether oxygens (including phenoxy) is 1. The summed E-state index contributed by atoms with van der Waals surface area (Å²) in [6, 6.07) is 5.81. The van der Waals surface area contributed by atoms with Crippen molar-refractivity contribution in [2.45, 2.75) is 38.2 Å². The number of hydrogen-bond donors (Lipinski definition) is 3. The lowest BCUT2D eigenvalue weighted by Crippen LogP contribution is -2.14. The molecule has 26 heavy (non-hydrogen) atoms. The van der Waals surface area contributed by atoms with Gasteiger partial charge < -0.3 is 20.4 Å². The first-order valence-corrected chi connectivity index (χ1v) is 8.90. The molecule has 6 nitrogen and oxygen atoms in total. The average Bonchev–Trinajstić information content (AvgIpc) is 3.32. The number of nitrogens with one attached hydrogen (secondary N) is 3. The topological polar surface area (TPSA) is 79.0 Å². The maximum Gasteiger partial charge on any atom is 0.224 e. The lowest BCUT2D eigenvalue weighted by Gasteiger charge is -2.08. The molecule has 3 heterocycles. The third kappa shape index (κ3) is 4.88. The van der Waals surface area contributed by atoms with Gasteiger partial charge in [0.25, 0.3) is 0 Å². The number of hydrogen-bond acceptors (Lipinski definition) is 4. The molecule has 144 valence electrons. The number of anilines is 1. The van der Waals surface area contributed by atoms with E-state index in [0.29, 0.717) is 12.3 Å². The molecule has 1 amide bonds. The number of halogens is 2. The van der Waals surface area contributed by atoms with E-state index < -0.39 is 0 Å². The second-order valence-corrected chi connectivity index (χ2v) is 6.80. The van der Waals surface area contributed by atoms with E-state index in [2.05, 4.69) is 20.6 Å². The van der Waals surface area contributed by atoms with Crippen LogP contribution in [0.3, 0.4) is 0 Å². The maximum atomic E-state index is 12.1. The largest absolute Gasteiger partial charge is 0.370 e. The van der Waals surface area contributed by atoms with Crippen molar-refractivity contribution in [3.63, 3.8) is 0 Å². The first-order valence-electron chi connectivity index (χ1n) is 8.90. The number of fused-ring (bicyclic) bond motifs is 1. The van der Waals surface area contributed by atoms with E-state index in [1.165, 1.54) is 6.42 Å². The SMILES string of the molecule is Cl.Cl.O=C(CCC1CCNC1)Nc1ccc2nc(C3CCCO3)[nH]c2c1. The molecule has 2 aliphatic rings. The van der Waals surface area contributed by atoms with E-state index in [1.54, 1.807) is 0 Å². The fourth-order valence-electron chi connectivity index (χ4n) is 3.57. The second kappa shape index (κ2) is 9.55. The van der Waals surface area contributed by atoms with Crippen LogP contribution in [0.2, 0.25) is 0 Å².